The number of hydrogen-bond donors (Lipinski definition) is 2. The van der Waals surface area contributed by atoms with Crippen LogP contribution < -0.4 is 0 Å². The van der Waals surface area contributed by atoms with Crippen molar-refractivity contribution in [3.63, 3.8) is 0 Å². The fourth-order valence-corrected chi connectivity index (χ4v) is 17.2. The van der Waals surface area contributed by atoms with Crippen molar-refractivity contribution in [2.24, 2.45) is 0 Å². The van der Waals surface area contributed by atoms with E-state index in [-0.39, 0.29) is 27.1 Å². The molecule has 0 unspecified atom stereocenters. The first kappa shape index (κ1) is 82.2. The zero-order chi connectivity index (χ0) is 70.8. The first-order chi connectivity index (χ1) is 41.2. The summed E-state index contributed by atoms with van der Waals surface area (Å²) in [5.41, 5.74) is 17.6. The zero-order valence-electron chi connectivity index (χ0n) is 65.9. The van der Waals surface area contributed by atoms with Crippen LogP contribution in [0.1, 0.15) is 359 Å². The molecule has 2 N–H and O–H groups in total. The molecular formula is C82H137N3O2S3. The number of nitrogens with one attached hydrogen (secondary N) is 2. The molecule has 7 heterocycles. The number of thiophene rings is 2. The highest BCUT2D eigenvalue weighted by atomic mass is 32.1. The van der Waals surface area contributed by atoms with E-state index in [4.69, 9.17) is 8.83 Å². The molecule has 0 spiro atoms. The lowest BCUT2D eigenvalue weighted by atomic mass is 9.52. The van der Waals surface area contributed by atoms with Crippen molar-refractivity contribution < 1.29 is 8.83 Å². The van der Waals surface area contributed by atoms with Gasteiger partial charge in [-0.3, -0.25) is 0 Å². The maximum Gasteiger partial charge on any atom is 0.113 e. The van der Waals surface area contributed by atoms with Gasteiger partial charge in [-0.2, -0.15) is 0 Å². The molecule has 0 aliphatic heterocycles. The van der Waals surface area contributed by atoms with Crippen LogP contribution in [0, 0.1) is 6.92 Å². The Kier molecular flexibility index (Phi) is 26.2. The third-order valence-electron chi connectivity index (χ3n) is 24.5. The molecule has 7 aliphatic carbocycles. The number of aromatic amines is 2. The van der Waals surface area contributed by atoms with Crippen LogP contribution >= 0.6 is 34.0 Å². The average molecular weight is 1290 g/mol. The molecule has 14 rings (SSSR count). The van der Waals surface area contributed by atoms with Gasteiger partial charge in [0.2, 0.25) is 0 Å². The third kappa shape index (κ3) is 12.6. The summed E-state index contributed by atoms with van der Waals surface area (Å²) in [4.78, 5) is 15.8. The molecule has 7 aromatic rings. The zero-order valence-corrected chi connectivity index (χ0v) is 68.4. The SMILES string of the molecule is CC.CC.CC.CC.CC.CC.CC1(C)c2cc[nH]c2C1(C)C.CC1(C)c2cc[nH]c2C1(C)C.CC1(C)c2ccoc2C1(C)C.CC1(C)c2ccoc2C1(C)C.CC1(C)c2ccsc2C1(C)C.CC1(C)c2ccsc2C1(C)C.Cc1nc2c(s1)C(C)(C)C2(C)C. The van der Waals surface area contributed by atoms with E-state index >= 15 is 0 Å². The molecular weight excluding hydrogens is 1160 g/mol. The number of furan rings is 2. The Bertz CT molecular complexity index is 2650. The summed E-state index contributed by atoms with van der Waals surface area (Å²) in [5, 5.41) is 5.63. The Balaban J connectivity index is 0.000000348. The molecule has 0 bridgehead atoms. The molecule has 0 fully saturated rings. The van der Waals surface area contributed by atoms with Gasteiger partial charge in [-0.05, 0) is 76.3 Å². The largest absolute Gasteiger partial charge is 0.468 e. The number of aryl methyl sites for hydroxylation is 1. The van der Waals surface area contributed by atoms with E-state index < -0.39 is 0 Å². The Hall–Kier alpha value is -3.85. The third-order valence-corrected chi connectivity index (χ3v) is 28.3. The Morgan fingerprint density at radius 1 is 0.300 bits per heavy atom. The van der Waals surface area contributed by atoms with E-state index in [1.165, 1.54) is 60.7 Å². The number of thiazole rings is 1. The molecule has 7 aromatic heterocycles. The van der Waals surface area contributed by atoms with Crippen molar-refractivity contribution in [3.8, 4) is 0 Å². The van der Waals surface area contributed by atoms with Gasteiger partial charge in [0.25, 0.3) is 0 Å². The summed E-state index contributed by atoms with van der Waals surface area (Å²) in [7, 11) is 0. The van der Waals surface area contributed by atoms with Crippen LogP contribution in [0.5, 0.6) is 0 Å². The second kappa shape index (κ2) is 28.6. The molecule has 0 aromatic carbocycles. The Morgan fingerprint density at radius 3 is 0.844 bits per heavy atom. The van der Waals surface area contributed by atoms with Gasteiger partial charge in [0.05, 0.1) is 23.2 Å². The summed E-state index contributed by atoms with van der Waals surface area (Å²) in [6.07, 6.45) is 7.67. The van der Waals surface area contributed by atoms with Crippen LogP contribution in [-0.4, -0.2) is 15.0 Å². The van der Waals surface area contributed by atoms with Crippen molar-refractivity contribution in [1.82, 2.24) is 15.0 Å². The van der Waals surface area contributed by atoms with Gasteiger partial charge in [-0.1, -0.05) is 277 Å². The summed E-state index contributed by atoms with van der Waals surface area (Å²) >= 11 is 5.66. The summed E-state index contributed by atoms with van der Waals surface area (Å²) in [6, 6.07) is 13.1. The van der Waals surface area contributed by atoms with Crippen LogP contribution in [0.3, 0.4) is 0 Å². The quantitative estimate of drug-likeness (QED) is 0.159. The van der Waals surface area contributed by atoms with Crippen LogP contribution in [-0.2, 0) is 75.8 Å². The van der Waals surface area contributed by atoms with Crippen LogP contribution in [0.4, 0.5) is 0 Å². The minimum Gasteiger partial charge on any atom is -0.468 e. The minimum absolute atomic E-state index is 0.214. The van der Waals surface area contributed by atoms with Gasteiger partial charge in [0.15, 0.2) is 0 Å². The number of H-pyrrole nitrogens is 2. The maximum atomic E-state index is 5.40. The monoisotopic (exact) mass is 1290 g/mol. The first-order valence-corrected chi connectivity index (χ1v) is 37.5. The van der Waals surface area contributed by atoms with E-state index in [2.05, 4.69) is 263 Å². The second-order valence-corrected chi connectivity index (χ2v) is 34.4. The van der Waals surface area contributed by atoms with Crippen LogP contribution in [0.15, 0.2) is 80.9 Å². The predicted molar refractivity (Wildman–Crippen MR) is 405 cm³/mol. The normalized spacial score (nSPS) is 21.1. The Labute approximate surface area is 567 Å². The van der Waals surface area contributed by atoms with Gasteiger partial charge in [-0.15, -0.1) is 34.0 Å². The van der Waals surface area contributed by atoms with Crippen LogP contribution in [0.2, 0.25) is 0 Å². The van der Waals surface area contributed by atoms with E-state index in [1.54, 1.807) is 33.4 Å². The molecule has 0 saturated carbocycles. The van der Waals surface area contributed by atoms with Crippen molar-refractivity contribution >= 4 is 34.0 Å². The summed E-state index contributed by atoms with van der Waals surface area (Å²) in [6.45, 7) is 90.4. The van der Waals surface area contributed by atoms with Crippen molar-refractivity contribution in [2.75, 3.05) is 0 Å². The summed E-state index contributed by atoms with van der Waals surface area (Å²) in [5.74, 6) is 2.34. The highest BCUT2D eigenvalue weighted by Gasteiger charge is 2.58. The first-order valence-electron chi connectivity index (χ1n) is 34.9. The number of hydrogen-bond acceptors (Lipinski definition) is 6. The smallest absolute Gasteiger partial charge is 0.113 e. The van der Waals surface area contributed by atoms with E-state index in [1.807, 2.05) is 129 Å². The molecule has 0 saturated heterocycles. The van der Waals surface area contributed by atoms with Crippen molar-refractivity contribution in [2.45, 2.75) is 360 Å². The molecule has 510 valence electrons. The highest BCUT2D eigenvalue weighted by Crippen LogP contribution is 2.62. The fraction of sp³-hybridized carbons (Fsp3) is 0.671. The lowest BCUT2D eigenvalue weighted by molar-refractivity contribution is 0.190. The van der Waals surface area contributed by atoms with E-state index in [0.29, 0.717) is 48.7 Å². The maximum absolute atomic E-state index is 5.40. The second-order valence-electron chi connectivity index (χ2n) is 31.3. The Morgan fingerprint density at radius 2 is 0.578 bits per heavy atom. The van der Waals surface area contributed by atoms with E-state index in [0.717, 1.165) is 0 Å². The van der Waals surface area contributed by atoms with Gasteiger partial charge < -0.3 is 18.8 Å². The lowest BCUT2D eigenvalue weighted by Crippen LogP contribution is -2.50. The van der Waals surface area contributed by atoms with Gasteiger partial charge in [0, 0.05) is 125 Å². The predicted octanol–water partition coefficient (Wildman–Crippen LogP) is 26.7. The molecule has 90 heavy (non-hydrogen) atoms. The molecule has 8 heteroatoms. The fourth-order valence-electron chi connectivity index (χ4n) is 13.2. The molecule has 7 aliphatic rings. The van der Waals surface area contributed by atoms with Gasteiger partial charge in [-0.25, -0.2) is 4.98 Å². The number of fused-ring (bicyclic) bond motifs is 7. The summed E-state index contributed by atoms with van der Waals surface area (Å²) < 4.78 is 10.8. The number of aromatic nitrogens is 3. The highest BCUT2D eigenvalue weighted by molar-refractivity contribution is 7.12. The van der Waals surface area contributed by atoms with Gasteiger partial charge in [0.1, 0.15) is 11.5 Å². The molecule has 0 atom stereocenters. The average Bonchev–Trinajstić information content (AvgIpc) is 1.44. The number of nitrogens with zero attached hydrogens (tertiary/aromatic N) is 1. The van der Waals surface area contributed by atoms with Crippen LogP contribution in [0.25, 0.3) is 0 Å². The number of rotatable bonds is 0. The molecule has 5 nitrogen and oxygen atoms in total. The van der Waals surface area contributed by atoms with Gasteiger partial charge >= 0.3 is 0 Å². The van der Waals surface area contributed by atoms with Crippen molar-refractivity contribution in [1.29, 1.82) is 0 Å². The minimum atomic E-state index is 0.214. The molecule has 0 radical (unpaired) electrons. The lowest BCUT2D eigenvalue weighted by Gasteiger charge is -2.51. The standard InChI is InChI=1S/C10H15NS.2C10H15N.2C10H14O.2C10H14S.6C2H6/c1-6-11-7-8(12-6)10(4,5)9(7,2)3;6*1-9(2)7-5-6-11-8(7)10(9,3)4;6*1-2/h1-5H3;2*5-6,11H,1-4H3;4*5-6H,1-4H3;6*1-2H3. The molecule has 0 amide bonds. The van der Waals surface area contributed by atoms with E-state index in [9.17, 15) is 0 Å². The van der Waals surface area contributed by atoms with Crippen molar-refractivity contribution in [3.05, 3.63) is 154 Å². The topological polar surface area (TPSA) is 70.8 Å².